The van der Waals surface area contributed by atoms with Crippen LogP contribution in [0.25, 0.3) is 0 Å². The zero-order chi connectivity index (χ0) is 35.6. The maximum absolute atomic E-state index is 12.2. The number of aliphatic hydroxyl groups excluding tert-OH is 1. The summed E-state index contributed by atoms with van der Waals surface area (Å²) in [6, 6.07) is 0. The topological polar surface area (TPSA) is 55.8 Å². The fourth-order valence-electron chi connectivity index (χ4n) is 6.03. The Balaban J connectivity index is 3.43. The van der Waals surface area contributed by atoms with Crippen molar-refractivity contribution in [3.8, 4) is 0 Å². The Morgan fingerprint density at radius 2 is 0.918 bits per heavy atom. The number of esters is 1. The summed E-state index contributed by atoms with van der Waals surface area (Å²) in [4.78, 5) is 12.2. The minimum Gasteiger partial charge on any atom is -0.457 e. The van der Waals surface area contributed by atoms with E-state index in [0.29, 0.717) is 19.6 Å². The molecular formula is C45H82O4. The average molecular weight is 687 g/mol. The van der Waals surface area contributed by atoms with Gasteiger partial charge in [-0.15, -0.1) is 0 Å². The van der Waals surface area contributed by atoms with Gasteiger partial charge in [0.1, 0.15) is 6.10 Å². The first-order valence-electron chi connectivity index (χ1n) is 21.2. The second-order valence-corrected chi connectivity index (χ2v) is 14.0. The Labute approximate surface area is 305 Å². The predicted octanol–water partition coefficient (Wildman–Crippen LogP) is 13.9. The van der Waals surface area contributed by atoms with E-state index >= 15 is 0 Å². The summed E-state index contributed by atoms with van der Waals surface area (Å²) in [5.74, 6) is -0.204. The van der Waals surface area contributed by atoms with Crippen molar-refractivity contribution < 1.29 is 19.4 Å². The van der Waals surface area contributed by atoms with Crippen molar-refractivity contribution in [2.24, 2.45) is 0 Å². The maximum atomic E-state index is 12.2. The van der Waals surface area contributed by atoms with Gasteiger partial charge in [0.15, 0.2) is 0 Å². The van der Waals surface area contributed by atoms with Crippen LogP contribution in [-0.2, 0) is 14.3 Å². The molecular weight excluding hydrogens is 604 g/mol. The van der Waals surface area contributed by atoms with E-state index in [4.69, 9.17) is 9.47 Å². The summed E-state index contributed by atoms with van der Waals surface area (Å²) in [6.07, 6.45) is 54.5. The summed E-state index contributed by atoms with van der Waals surface area (Å²) >= 11 is 0. The number of unbranched alkanes of at least 4 members (excludes halogenated alkanes) is 23. The third-order valence-corrected chi connectivity index (χ3v) is 9.17. The number of ether oxygens (including phenoxy) is 2. The molecule has 1 atom stereocenters. The van der Waals surface area contributed by atoms with Crippen LogP contribution in [0.3, 0.4) is 0 Å². The summed E-state index contributed by atoms with van der Waals surface area (Å²) in [6.45, 7) is 5.25. The van der Waals surface area contributed by atoms with E-state index in [1.54, 1.807) is 0 Å². The van der Waals surface area contributed by atoms with Crippen LogP contribution in [0.15, 0.2) is 48.6 Å². The minimum atomic E-state index is -0.534. The first-order valence-corrected chi connectivity index (χ1v) is 21.2. The number of carbonyl (C=O) groups excluding carboxylic acids is 1. The van der Waals surface area contributed by atoms with Crippen molar-refractivity contribution in [1.29, 1.82) is 0 Å². The van der Waals surface area contributed by atoms with Crippen molar-refractivity contribution in [3.63, 3.8) is 0 Å². The van der Waals surface area contributed by atoms with Crippen LogP contribution in [0.2, 0.25) is 0 Å². The summed E-state index contributed by atoms with van der Waals surface area (Å²) < 4.78 is 11.2. The molecule has 1 N–H and O–H groups in total. The molecule has 0 bridgehead atoms. The van der Waals surface area contributed by atoms with E-state index < -0.39 is 6.10 Å². The Morgan fingerprint density at radius 3 is 1.39 bits per heavy atom. The molecule has 49 heavy (non-hydrogen) atoms. The summed E-state index contributed by atoms with van der Waals surface area (Å²) in [5.41, 5.74) is 0. The Morgan fingerprint density at radius 1 is 0.510 bits per heavy atom. The van der Waals surface area contributed by atoms with Crippen LogP contribution in [-0.4, -0.2) is 37.0 Å². The smallest absolute Gasteiger partial charge is 0.306 e. The molecule has 0 aliphatic carbocycles. The van der Waals surface area contributed by atoms with Gasteiger partial charge in [0.25, 0.3) is 0 Å². The van der Waals surface area contributed by atoms with E-state index in [1.165, 1.54) is 141 Å². The minimum absolute atomic E-state index is 0.172. The predicted molar refractivity (Wildman–Crippen MR) is 214 cm³/mol. The number of rotatable bonds is 39. The Hall–Kier alpha value is -1.65. The lowest BCUT2D eigenvalue weighted by Crippen LogP contribution is -2.27. The van der Waals surface area contributed by atoms with Gasteiger partial charge in [-0.25, -0.2) is 0 Å². The first kappa shape index (κ1) is 47.4. The molecule has 0 amide bonds. The van der Waals surface area contributed by atoms with E-state index in [-0.39, 0.29) is 12.6 Å². The van der Waals surface area contributed by atoms with Gasteiger partial charge in [-0.3, -0.25) is 4.79 Å². The molecule has 0 saturated heterocycles. The van der Waals surface area contributed by atoms with E-state index in [0.717, 1.165) is 44.9 Å². The molecule has 0 heterocycles. The molecule has 0 aromatic heterocycles. The standard InChI is InChI=1S/C45H82O4/c1-3-5-7-9-11-13-15-17-19-20-21-22-23-24-25-26-27-28-30-32-34-36-38-40-45(47)49-44(42-46)43-48-41-39-37-35-33-31-29-18-16-14-12-10-8-6-4-2/h5,7,11,13,17,19,21-22,44,46H,3-4,6,8-10,12,14-16,18,20,23-43H2,1-2H3/b7-5-,13-11-,19-17-,22-21-. The number of carbonyl (C=O) groups is 1. The third kappa shape index (κ3) is 40.7. The van der Waals surface area contributed by atoms with Crippen molar-refractivity contribution in [2.75, 3.05) is 19.8 Å². The molecule has 0 aliphatic heterocycles. The van der Waals surface area contributed by atoms with Gasteiger partial charge in [-0.2, -0.15) is 0 Å². The molecule has 4 nitrogen and oxygen atoms in total. The molecule has 0 fully saturated rings. The van der Waals surface area contributed by atoms with Gasteiger partial charge in [0.05, 0.1) is 13.2 Å². The van der Waals surface area contributed by atoms with Crippen LogP contribution in [0, 0.1) is 0 Å². The zero-order valence-electron chi connectivity index (χ0n) is 32.7. The lowest BCUT2D eigenvalue weighted by Gasteiger charge is -2.16. The average Bonchev–Trinajstić information content (AvgIpc) is 3.11. The van der Waals surface area contributed by atoms with Crippen LogP contribution in [0.5, 0.6) is 0 Å². The fourth-order valence-corrected chi connectivity index (χ4v) is 6.03. The zero-order valence-corrected chi connectivity index (χ0v) is 32.7. The molecule has 0 rings (SSSR count). The number of hydrogen-bond acceptors (Lipinski definition) is 4. The van der Waals surface area contributed by atoms with E-state index in [2.05, 4.69) is 62.5 Å². The van der Waals surface area contributed by atoms with Crippen molar-refractivity contribution in [1.82, 2.24) is 0 Å². The lowest BCUT2D eigenvalue weighted by atomic mass is 10.0. The van der Waals surface area contributed by atoms with Crippen molar-refractivity contribution in [3.05, 3.63) is 48.6 Å². The van der Waals surface area contributed by atoms with Crippen LogP contribution < -0.4 is 0 Å². The largest absolute Gasteiger partial charge is 0.457 e. The van der Waals surface area contributed by atoms with Gasteiger partial charge >= 0.3 is 5.97 Å². The molecule has 0 radical (unpaired) electrons. The van der Waals surface area contributed by atoms with E-state index in [9.17, 15) is 9.90 Å². The van der Waals surface area contributed by atoms with Crippen LogP contribution in [0.1, 0.15) is 206 Å². The van der Waals surface area contributed by atoms with Gasteiger partial charge in [-0.05, 0) is 51.4 Å². The van der Waals surface area contributed by atoms with Crippen molar-refractivity contribution >= 4 is 5.97 Å². The molecule has 0 spiro atoms. The third-order valence-electron chi connectivity index (χ3n) is 9.17. The Bertz CT molecular complexity index is 768. The lowest BCUT2D eigenvalue weighted by molar-refractivity contribution is -0.154. The highest BCUT2D eigenvalue weighted by molar-refractivity contribution is 5.69. The monoisotopic (exact) mass is 687 g/mol. The maximum Gasteiger partial charge on any atom is 0.306 e. The molecule has 0 saturated carbocycles. The highest BCUT2D eigenvalue weighted by Crippen LogP contribution is 2.14. The highest BCUT2D eigenvalue weighted by Gasteiger charge is 2.13. The molecule has 0 aromatic rings. The molecule has 286 valence electrons. The first-order chi connectivity index (χ1) is 24.2. The number of allylic oxidation sites excluding steroid dienone is 8. The number of aliphatic hydroxyl groups is 1. The SMILES string of the molecule is CC/C=C\C/C=C\C/C=C\C/C=C\CCCCCCCCCCCCC(=O)OC(CO)COCCCCCCCCCCCCCCCC. The normalized spacial score (nSPS) is 12.8. The van der Waals surface area contributed by atoms with E-state index in [1.807, 2.05) is 0 Å². The molecule has 0 aromatic carbocycles. The molecule has 1 unspecified atom stereocenters. The van der Waals surface area contributed by atoms with Gasteiger partial charge < -0.3 is 14.6 Å². The molecule has 0 aliphatic rings. The van der Waals surface area contributed by atoms with Gasteiger partial charge in [0.2, 0.25) is 0 Å². The second kappa shape index (κ2) is 42.5. The molecule has 4 heteroatoms. The Kier molecular flexibility index (Phi) is 41.1. The van der Waals surface area contributed by atoms with Crippen molar-refractivity contribution in [2.45, 2.75) is 213 Å². The second-order valence-electron chi connectivity index (χ2n) is 14.0. The summed E-state index contributed by atoms with van der Waals surface area (Å²) in [5, 5.41) is 9.59. The summed E-state index contributed by atoms with van der Waals surface area (Å²) in [7, 11) is 0. The highest BCUT2D eigenvalue weighted by atomic mass is 16.6. The fraction of sp³-hybridized carbons (Fsp3) is 0.800. The van der Waals surface area contributed by atoms with Crippen LogP contribution >= 0.6 is 0 Å². The van der Waals surface area contributed by atoms with Crippen LogP contribution in [0.4, 0.5) is 0 Å². The van der Waals surface area contributed by atoms with Gasteiger partial charge in [0, 0.05) is 13.0 Å². The number of hydrogen-bond donors (Lipinski definition) is 1. The quantitative estimate of drug-likeness (QED) is 0.0397. The van der Waals surface area contributed by atoms with Gasteiger partial charge in [-0.1, -0.05) is 197 Å².